The molecule has 1 aliphatic rings. The highest BCUT2D eigenvalue weighted by Gasteiger charge is 2.22. The SMILES string of the molecule is CC(C)c1ncnc2c1OCC(=O)N2. The summed E-state index contributed by atoms with van der Waals surface area (Å²) in [5, 5.41) is 2.64. The molecule has 0 bridgehead atoms. The van der Waals surface area contributed by atoms with Crippen LogP contribution in [-0.4, -0.2) is 22.5 Å². The Labute approximate surface area is 81.5 Å². The quantitative estimate of drug-likeness (QED) is 0.720. The lowest BCUT2D eigenvalue weighted by Crippen LogP contribution is -2.27. The monoisotopic (exact) mass is 193 g/mol. The number of hydrogen-bond acceptors (Lipinski definition) is 4. The molecular formula is C9H11N3O2. The average molecular weight is 193 g/mol. The molecule has 1 aromatic heterocycles. The molecule has 14 heavy (non-hydrogen) atoms. The van der Waals surface area contributed by atoms with Crippen LogP contribution in [0.1, 0.15) is 25.5 Å². The number of fused-ring (bicyclic) bond motifs is 1. The van der Waals surface area contributed by atoms with Gasteiger partial charge in [0.05, 0.1) is 5.69 Å². The maximum atomic E-state index is 11.0. The Morgan fingerprint density at radius 1 is 1.50 bits per heavy atom. The summed E-state index contributed by atoms with van der Waals surface area (Å²) >= 11 is 0. The van der Waals surface area contributed by atoms with E-state index in [0.29, 0.717) is 11.6 Å². The maximum Gasteiger partial charge on any atom is 0.263 e. The molecule has 1 aliphatic heterocycles. The van der Waals surface area contributed by atoms with E-state index in [1.54, 1.807) is 0 Å². The van der Waals surface area contributed by atoms with Crippen molar-refractivity contribution in [3.63, 3.8) is 0 Å². The molecule has 0 spiro atoms. The predicted molar refractivity (Wildman–Crippen MR) is 50.2 cm³/mol. The van der Waals surface area contributed by atoms with Gasteiger partial charge in [0.25, 0.3) is 5.91 Å². The Morgan fingerprint density at radius 2 is 2.29 bits per heavy atom. The van der Waals surface area contributed by atoms with E-state index in [9.17, 15) is 4.79 Å². The van der Waals surface area contributed by atoms with Gasteiger partial charge in [-0.3, -0.25) is 4.79 Å². The van der Waals surface area contributed by atoms with Gasteiger partial charge in [0.15, 0.2) is 18.2 Å². The number of hydrogen-bond donors (Lipinski definition) is 1. The van der Waals surface area contributed by atoms with Gasteiger partial charge in [0.2, 0.25) is 0 Å². The number of nitrogens with zero attached hydrogens (tertiary/aromatic N) is 2. The molecule has 0 radical (unpaired) electrons. The Hall–Kier alpha value is -1.65. The van der Waals surface area contributed by atoms with Crippen LogP contribution in [0.2, 0.25) is 0 Å². The third-order valence-corrected chi connectivity index (χ3v) is 1.98. The summed E-state index contributed by atoms with van der Waals surface area (Å²) in [6.45, 7) is 4.07. The molecule has 0 aromatic carbocycles. The molecule has 1 amide bonds. The van der Waals surface area contributed by atoms with Crippen molar-refractivity contribution in [1.29, 1.82) is 0 Å². The van der Waals surface area contributed by atoms with Gasteiger partial charge in [-0.25, -0.2) is 9.97 Å². The molecule has 1 N–H and O–H groups in total. The maximum absolute atomic E-state index is 11.0. The lowest BCUT2D eigenvalue weighted by Gasteiger charge is -2.19. The highest BCUT2D eigenvalue weighted by molar-refractivity contribution is 5.94. The van der Waals surface area contributed by atoms with E-state index < -0.39 is 0 Å². The highest BCUT2D eigenvalue weighted by Crippen LogP contribution is 2.31. The smallest absolute Gasteiger partial charge is 0.263 e. The second-order valence-corrected chi connectivity index (χ2v) is 3.43. The molecule has 5 nitrogen and oxygen atoms in total. The highest BCUT2D eigenvalue weighted by atomic mass is 16.5. The first kappa shape index (κ1) is 8.93. The second-order valence-electron chi connectivity index (χ2n) is 3.43. The number of nitrogens with one attached hydrogen (secondary N) is 1. The molecule has 0 atom stereocenters. The normalized spacial score (nSPS) is 14.6. The van der Waals surface area contributed by atoms with Gasteiger partial charge < -0.3 is 10.1 Å². The first-order valence-corrected chi connectivity index (χ1v) is 4.46. The largest absolute Gasteiger partial charge is 0.478 e. The third kappa shape index (κ3) is 1.41. The molecule has 0 aliphatic carbocycles. The van der Waals surface area contributed by atoms with Crippen LogP contribution in [0.25, 0.3) is 0 Å². The summed E-state index contributed by atoms with van der Waals surface area (Å²) in [6.07, 6.45) is 1.43. The fraction of sp³-hybridized carbons (Fsp3) is 0.444. The van der Waals surface area contributed by atoms with Crippen LogP contribution >= 0.6 is 0 Å². The number of carbonyl (C=O) groups is 1. The number of rotatable bonds is 1. The van der Waals surface area contributed by atoms with Crippen molar-refractivity contribution >= 4 is 11.7 Å². The van der Waals surface area contributed by atoms with E-state index in [1.807, 2.05) is 13.8 Å². The van der Waals surface area contributed by atoms with Crippen LogP contribution in [-0.2, 0) is 4.79 Å². The van der Waals surface area contributed by atoms with E-state index >= 15 is 0 Å². The van der Waals surface area contributed by atoms with E-state index in [1.165, 1.54) is 6.33 Å². The summed E-state index contributed by atoms with van der Waals surface area (Å²) in [6, 6.07) is 0. The Balaban J connectivity index is 2.46. The van der Waals surface area contributed by atoms with E-state index in [-0.39, 0.29) is 18.4 Å². The van der Waals surface area contributed by atoms with Crippen LogP contribution in [0.3, 0.4) is 0 Å². The zero-order chi connectivity index (χ0) is 10.1. The fourth-order valence-electron chi connectivity index (χ4n) is 1.34. The summed E-state index contributed by atoms with van der Waals surface area (Å²) in [5.74, 6) is 1.15. The molecule has 2 heterocycles. The molecule has 2 rings (SSSR count). The van der Waals surface area contributed by atoms with Crippen molar-refractivity contribution in [3.05, 3.63) is 12.0 Å². The van der Waals surface area contributed by atoms with Gasteiger partial charge in [-0.15, -0.1) is 0 Å². The van der Waals surface area contributed by atoms with E-state index in [0.717, 1.165) is 5.69 Å². The first-order chi connectivity index (χ1) is 6.68. The zero-order valence-corrected chi connectivity index (χ0v) is 8.07. The van der Waals surface area contributed by atoms with Gasteiger partial charge in [0, 0.05) is 0 Å². The zero-order valence-electron chi connectivity index (χ0n) is 8.07. The van der Waals surface area contributed by atoms with Crippen LogP contribution in [0.4, 0.5) is 5.82 Å². The number of ether oxygens (including phenoxy) is 1. The van der Waals surface area contributed by atoms with Crippen LogP contribution in [0.5, 0.6) is 5.75 Å². The molecular weight excluding hydrogens is 182 g/mol. The van der Waals surface area contributed by atoms with Gasteiger partial charge >= 0.3 is 0 Å². The number of amides is 1. The van der Waals surface area contributed by atoms with Crippen LogP contribution < -0.4 is 10.1 Å². The summed E-state index contributed by atoms with van der Waals surface area (Å²) in [5.41, 5.74) is 0.829. The number of aromatic nitrogens is 2. The average Bonchev–Trinajstić information content (AvgIpc) is 2.16. The predicted octanol–water partition coefficient (Wildman–Crippen LogP) is 0.931. The van der Waals surface area contributed by atoms with Crippen molar-refractivity contribution in [2.45, 2.75) is 19.8 Å². The lowest BCUT2D eigenvalue weighted by molar-refractivity contribution is -0.118. The van der Waals surface area contributed by atoms with Crippen molar-refractivity contribution in [1.82, 2.24) is 9.97 Å². The summed E-state index contributed by atoms with van der Waals surface area (Å²) in [4.78, 5) is 19.1. The minimum absolute atomic E-state index is 0.0418. The molecule has 1 aromatic rings. The summed E-state index contributed by atoms with van der Waals surface area (Å²) < 4.78 is 5.29. The molecule has 0 unspecified atom stereocenters. The van der Waals surface area contributed by atoms with E-state index in [2.05, 4.69) is 15.3 Å². The van der Waals surface area contributed by atoms with Gasteiger partial charge in [-0.05, 0) is 5.92 Å². The number of anilines is 1. The number of carbonyl (C=O) groups excluding carboxylic acids is 1. The first-order valence-electron chi connectivity index (χ1n) is 4.46. The Kier molecular flexibility index (Phi) is 2.07. The van der Waals surface area contributed by atoms with Gasteiger partial charge in [0.1, 0.15) is 6.33 Å². The van der Waals surface area contributed by atoms with Crippen LogP contribution in [0, 0.1) is 0 Å². The second kappa shape index (κ2) is 3.25. The van der Waals surface area contributed by atoms with Crippen molar-refractivity contribution < 1.29 is 9.53 Å². The topological polar surface area (TPSA) is 64.1 Å². The van der Waals surface area contributed by atoms with Crippen molar-refractivity contribution in [3.8, 4) is 5.75 Å². The third-order valence-electron chi connectivity index (χ3n) is 1.98. The standard InChI is InChI=1S/C9H11N3O2/c1-5(2)7-8-9(11-4-10-7)12-6(13)3-14-8/h4-5H,3H2,1-2H3,(H,10,11,12,13). The molecule has 74 valence electrons. The lowest BCUT2D eigenvalue weighted by atomic mass is 10.1. The minimum Gasteiger partial charge on any atom is -0.478 e. The van der Waals surface area contributed by atoms with Crippen molar-refractivity contribution in [2.24, 2.45) is 0 Å². The van der Waals surface area contributed by atoms with Crippen molar-refractivity contribution in [2.75, 3.05) is 11.9 Å². The molecule has 0 saturated heterocycles. The van der Waals surface area contributed by atoms with E-state index in [4.69, 9.17) is 4.74 Å². The van der Waals surface area contributed by atoms with Crippen LogP contribution in [0.15, 0.2) is 6.33 Å². The van der Waals surface area contributed by atoms with Gasteiger partial charge in [-0.1, -0.05) is 13.8 Å². The Morgan fingerprint density at radius 3 is 3.00 bits per heavy atom. The Bertz CT molecular complexity index is 376. The molecule has 0 saturated carbocycles. The fourth-order valence-corrected chi connectivity index (χ4v) is 1.34. The van der Waals surface area contributed by atoms with Gasteiger partial charge in [-0.2, -0.15) is 0 Å². The minimum atomic E-state index is -0.175. The summed E-state index contributed by atoms with van der Waals surface area (Å²) in [7, 11) is 0. The molecule has 0 fully saturated rings. The molecule has 5 heteroatoms.